The van der Waals surface area contributed by atoms with E-state index in [9.17, 15) is 20.0 Å². The van der Waals surface area contributed by atoms with Crippen LogP contribution >= 0.6 is 0 Å². The van der Waals surface area contributed by atoms with E-state index < -0.39 is 10.9 Å². The highest BCUT2D eigenvalue weighted by atomic mass is 16.6. The van der Waals surface area contributed by atoms with Gasteiger partial charge in [0.25, 0.3) is 5.69 Å². The van der Waals surface area contributed by atoms with Gasteiger partial charge in [0.05, 0.1) is 21.9 Å². The maximum atomic E-state index is 12.6. The summed E-state index contributed by atoms with van der Waals surface area (Å²) in [5, 5.41) is 30.8. The molecule has 0 radical (unpaired) electrons. The maximum absolute atomic E-state index is 12.6. The first kappa shape index (κ1) is 24.1. The third-order valence-electron chi connectivity index (χ3n) is 5.65. The third-order valence-corrected chi connectivity index (χ3v) is 5.65. The summed E-state index contributed by atoms with van der Waals surface area (Å²) in [7, 11) is 0. The maximum Gasteiger partial charge on any atom is 0.357 e. The van der Waals surface area contributed by atoms with Crippen molar-refractivity contribution in [1.82, 2.24) is 14.8 Å². The first-order valence-electron chi connectivity index (χ1n) is 11.5. The highest BCUT2D eigenvalue weighted by Crippen LogP contribution is 2.32. The number of carboxylic acid groups (broad SMARTS) is 1. The van der Waals surface area contributed by atoms with Gasteiger partial charge in [0, 0.05) is 29.5 Å². The lowest BCUT2D eigenvalue weighted by Crippen LogP contribution is -2.13. The van der Waals surface area contributed by atoms with Gasteiger partial charge in [0.2, 0.25) is 0 Å². The van der Waals surface area contributed by atoms with Gasteiger partial charge in [0.1, 0.15) is 11.5 Å². The molecular formula is C28H20N6O4. The fourth-order valence-electron chi connectivity index (χ4n) is 3.98. The van der Waals surface area contributed by atoms with Crippen molar-refractivity contribution in [2.45, 2.75) is 0 Å². The Kier molecular flexibility index (Phi) is 6.68. The van der Waals surface area contributed by atoms with Gasteiger partial charge in [-0.15, -0.1) is 0 Å². The van der Waals surface area contributed by atoms with Crippen molar-refractivity contribution in [2.75, 3.05) is 5.43 Å². The molecule has 0 saturated carbocycles. The molecule has 2 heterocycles. The minimum Gasteiger partial charge on any atom is -0.476 e. The van der Waals surface area contributed by atoms with E-state index in [2.05, 4.69) is 20.6 Å². The van der Waals surface area contributed by atoms with Crippen LogP contribution in [0, 0.1) is 10.1 Å². The number of carbonyl (C=O) groups is 1. The van der Waals surface area contributed by atoms with E-state index in [-0.39, 0.29) is 16.9 Å². The van der Waals surface area contributed by atoms with Crippen molar-refractivity contribution < 1.29 is 14.8 Å². The minimum atomic E-state index is -1.28. The Morgan fingerprint density at radius 2 is 1.63 bits per heavy atom. The molecule has 2 aromatic heterocycles. The predicted molar refractivity (Wildman–Crippen MR) is 143 cm³/mol. The summed E-state index contributed by atoms with van der Waals surface area (Å²) in [5.41, 5.74) is 5.08. The van der Waals surface area contributed by atoms with E-state index in [1.54, 1.807) is 30.5 Å². The molecule has 0 fully saturated rings. The number of rotatable bonds is 8. The molecule has 0 atom stereocenters. The van der Waals surface area contributed by atoms with E-state index >= 15 is 0 Å². The Bertz CT molecular complexity index is 1630. The van der Waals surface area contributed by atoms with Crippen LogP contribution in [-0.4, -0.2) is 36.5 Å². The van der Waals surface area contributed by atoms with E-state index in [1.807, 2.05) is 60.7 Å². The molecule has 10 heteroatoms. The number of non-ortho nitro benzene ring substituents is 1. The summed E-state index contributed by atoms with van der Waals surface area (Å²) in [6.07, 6.45) is 1.61. The van der Waals surface area contributed by atoms with Gasteiger partial charge < -0.3 is 5.11 Å². The van der Waals surface area contributed by atoms with Gasteiger partial charge >= 0.3 is 5.97 Å². The number of anilines is 1. The number of nitro benzene ring substituents is 1. The molecule has 2 N–H and O–H groups in total. The Morgan fingerprint density at radius 1 is 0.921 bits per heavy atom. The zero-order valence-corrected chi connectivity index (χ0v) is 19.8. The molecule has 38 heavy (non-hydrogen) atoms. The smallest absolute Gasteiger partial charge is 0.357 e. The minimum absolute atomic E-state index is 0.149. The highest BCUT2D eigenvalue weighted by Gasteiger charge is 2.29. The number of hydrazone groups is 1. The molecule has 0 aliphatic heterocycles. The number of benzene rings is 3. The first-order valence-corrected chi connectivity index (χ1v) is 11.5. The number of carboxylic acids is 1. The van der Waals surface area contributed by atoms with Crippen LogP contribution in [0.3, 0.4) is 0 Å². The largest absolute Gasteiger partial charge is 0.476 e. The van der Waals surface area contributed by atoms with Gasteiger partial charge in [-0.25, -0.2) is 14.5 Å². The lowest BCUT2D eigenvalue weighted by atomic mass is 9.96. The molecule has 0 amide bonds. The van der Waals surface area contributed by atoms with Crippen LogP contribution in [0.25, 0.3) is 16.9 Å². The van der Waals surface area contributed by atoms with E-state index in [1.165, 1.54) is 22.9 Å². The molecule has 0 bridgehead atoms. The monoisotopic (exact) mass is 504 g/mol. The molecule has 10 nitrogen and oxygen atoms in total. The van der Waals surface area contributed by atoms with Crippen molar-refractivity contribution in [3.63, 3.8) is 0 Å². The number of hydrogen-bond acceptors (Lipinski definition) is 7. The quantitative estimate of drug-likeness (QED) is 0.164. The fourth-order valence-corrected chi connectivity index (χ4v) is 3.98. The van der Waals surface area contributed by atoms with Gasteiger partial charge in [-0.05, 0) is 18.2 Å². The Labute approximate surface area is 216 Å². The predicted octanol–water partition coefficient (Wildman–Crippen LogP) is 5.41. The number of pyridine rings is 1. The molecule has 5 aromatic rings. The van der Waals surface area contributed by atoms with Gasteiger partial charge in [-0.3, -0.25) is 15.5 Å². The average molecular weight is 505 g/mol. The molecule has 0 aliphatic rings. The molecule has 0 saturated heterocycles. The number of hydrogen-bond donors (Lipinski definition) is 2. The number of nitrogens with zero attached hydrogens (tertiary/aromatic N) is 5. The first-order chi connectivity index (χ1) is 18.5. The van der Waals surface area contributed by atoms with E-state index in [4.69, 9.17) is 0 Å². The second-order valence-electron chi connectivity index (χ2n) is 8.09. The standard InChI is InChI=1S/C28H20N6O4/c35-28(36)26-24(25(19-10-3-1-4-11-19)31-30-23-16-7-8-17-29-23)27(20-12-5-2-6-13-20)33(32-26)21-14-9-15-22(18-21)34(37)38/h1-18H,(H,29,30)(H,35,36)/b31-25-. The second kappa shape index (κ2) is 10.5. The molecule has 186 valence electrons. The molecular weight excluding hydrogens is 484 g/mol. The number of aromatic nitrogens is 3. The van der Waals surface area contributed by atoms with Crippen molar-refractivity contribution in [2.24, 2.45) is 5.10 Å². The summed E-state index contributed by atoms with van der Waals surface area (Å²) < 4.78 is 1.40. The normalized spacial score (nSPS) is 11.2. The van der Waals surface area contributed by atoms with Crippen LogP contribution < -0.4 is 5.43 Å². The summed E-state index contributed by atoms with van der Waals surface area (Å²) in [4.78, 5) is 27.8. The van der Waals surface area contributed by atoms with Crippen molar-refractivity contribution in [3.05, 3.63) is 136 Å². The molecule has 0 aliphatic carbocycles. The summed E-state index contributed by atoms with van der Waals surface area (Å²) >= 11 is 0. The van der Waals surface area contributed by atoms with Crippen LogP contribution in [0.4, 0.5) is 11.5 Å². The third kappa shape index (κ3) is 4.86. The van der Waals surface area contributed by atoms with Crippen LogP contribution in [0.2, 0.25) is 0 Å². The zero-order valence-electron chi connectivity index (χ0n) is 19.8. The van der Waals surface area contributed by atoms with E-state index in [0.717, 1.165) is 0 Å². The number of nitro groups is 1. The summed E-state index contributed by atoms with van der Waals surface area (Å²) in [6, 6.07) is 29.4. The average Bonchev–Trinajstić information content (AvgIpc) is 3.36. The van der Waals surface area contributed by atoms with E-state index in [0.29, 0.717) is 34.0 Å². The zero-order chi connectivity index (χ0) is 26.5. The summed E-state index contributed by atoms with van der Waals surface area (Å²) in [6.45, 7) is 0. The Morgan fingerprint density at radius 3 is 2.29 bits per heavy atom. The van der Waals surface area contributed by atoms with Crippen LogP contribution in [0.1, 0.15) is 21.6 Å². The fraction of sp³-hybridized carbons (Fsp3) is 0. The molecule has 0 spiro atoms. The van der Waals surface area contributed by atoms with Crippen LogP contribution in [0.5, 0.6) is 0 Å². The van der Waals surface area contributed by atoms with Gasteiger partial charge in [-0.2, -0.15) is 10.2 Å². The Balaban J connectivity index is 1.83. The van der Waals surface area contributed by atoms with Crippen LogP contribution in [0.15, 0.2) is 114 Å². The lowest BCUT2D eigenvalue weighted by molar-refractivity contribution is -0.384. The van der Waals surface area contributed by atoms with Crippen molar-refractivity contribution >= 4 is 23.2 Å². The number of nitrogens with one attached hydrogen (secondary N) is 1. The van der Waals surface area contributed by atoms with Crippen LogP contribution in [-0.2, 0) is 0 Å². The van der Waals surface area contributed by atoms with Crippen molar-refractivity contribution in [1.29, 1.82) is 0 Å². The number of aromatic carboxylic acids is 1. The summed E-state index contributed by atoms with van der Waals surface area (Å²) in [5.74, 6) is -0.812. The SMILES string of the molecule is O=C(O)c1nn(-c2cccc([N+](=O)[O-])c2)c(-c2ccccc2)c1/C(=N\Nc1ccccn1)c1ccccc1. The highest BCUT2D eigenvalue weighted by molar-refractivity contribution is 6.20. The second-order valence-corrected chi connectivity index (χ2v) is 8.09. The topological polar surface area (TPSA) is 136 Å². The lowest BCUT2D eigenvalue weighted by Gasteiger charge is -2.13. The molecule has 3 aromatic carbocycles. The Hall–Kier alpha value is -5.64. The van der Waals surface area contributed by atoms with Crippen molar-refractivity contribution in [3.8, 4) is 16.9 Å². The molecule has 5 rings (SSSR count). The van der Waals surface area contributed by atoms with Gasteiger partial charge in [0.15, 0.2) is 5.69 Å². The molecule has 0 unspecified atom stereocenters. The van der Waals surface area contributed by atoms with Gasteiger partial charge in [-0.1, -0.05) is 72.8 Å².